The van der Waals surface area contributed by atoms with Crippen LogP contribution in [0.5, 0.6) is 11.5 Å². The van der Waals surface area contributed by atoms with E-state index in [0.717, 1.165) is 11.8 Å². The SMILES string of the molecule is COc1ccc(/C=N\N=C2/NC(=O)[C@@H](CC(=O)Nc3ccccc3)S2)c(C(=O)O)c1OC. The number of carboxylic acid groups (broad SMARTS) is 1. The minimum Gasteiger partial charge on any atom is -0.493 e. The Kier molecular flexibility index (Phi) is 7.45. The topological polar surface area (TPSA) is 139 Å². The molecular weight excluding hydrogens is 436 g/mol. The third-order valence-electron chi connectivity index (χ3n) is 4.34. The lowest BCUT2D eigenvalue weighted by Gasteiger charge is -2.11. The maximum Gasteiger partial charge on any atom is 0.340 e. The van der Waals surface area contributed by atoms with Crippen molar-refractivity contribution in [1.82, 2.24) is 5.32 Å². The lowest BCUT2D eigenvalue weighted by molar-refractivity contribution is -0.122. The molecule has 1 saturated heterocycles. The van der Waals surface area contributed by atoms with Crippen molar-refractivity contribution in [3.63, 3.8) is 0 Å². The molecule has 0 spiro atoms. The number of hydrogen-bond acceptors (Lipinski definition) is 8. The molecule has 3 rings (SSSR count). The van der Waals surface area contributed by atoms with Gasteiger partial charge in [-0.05, 0) is 24.3 Å². The van der Waals surface area contributed by atoms with Gasteiger partial charge in [0.1, 0.15) is 10.8 Å². The predicted octanol–water partition coefficient (Wildman–Crippen LogP) is 2.35. The molecule has 1 fully saturated rings. The first-order valence-electron chi connectivity index (χ1n) is 9.34. The van der Waals surface area contributed by atoms with E-state index in [2.05, 4.69) is 20.8 Å². The number of ether oxygens (including phenoxy) is 2. The van der Waals surface area contributed by atoms with Gasteiger partial charge < -0.3 is 25.2 Å². The zero-order chi connectivity index (χ0) is 23.1. The fraction of sp³-hybridized carbons (Fsp3) is 0.190. The number of para-hydroxylation sites is 1. The van der Waals surface area contributed by atoms with Crippen LogP contribution >= 0.6 is 11.8 Å². The molecule has 11 heteroatoms. The number of hydrogen-bond donors (Lipinski definition) is 3. The van der Waals surface area contributed by atoms with E-state index >= 15 is 0 Å². The highest BCUT2D eigenvalue weighted by Gasteiger charge is 2.32. The van der Waals surface area contributed by atoms with Gasteiger partial charge in [0.15, 0.2) is 16.7 Å². The van der Waals surface area contributed by atoms with Crippen LogP contribution in [0.15, 0.2) is 52.7 Å². The van der Waals surface area contributed by atoms with Crippen molar-refractivity contribution in [2.45, 2.75) is 11.7 Å². The molecule has 3 N–H and O–H groups in total. The molecule has 2 aromatic rings. The monoisotopic (exact) mass is 456 g/mol. The second-order valence-electron chi connectivity index (χ2n) is 6.43. The Hall–Kier alpha value is -3.86. The average molecular weight is 456 g/mol. The molecule has 0 bridgehead atoms. The van der Waals surface area contributed by atoms with Crippen molar-refractivity contribution < 1.29 is 29.0 Å². The molecule has 0 aliphatic carbocycles. The first-order valence-corrected chi connectivity index (χ1v) is 10.2. The summed E-state index contributed by atoms with van der Waals surface area (Å²) in [5.74, 6) is -1.55. The average Bonchev–Trinajstić information content (AvgIpc) is 3.12. The summed E-state index contributed by atoms with van der Waals surface area (Å²) in [6.07, 6.45) is 1.20. The molecule has 0 unspecified atom stereocenters. The molecule has 1 heterocycles. The van der Waals surface area contributed by atoms with E-state index in [1.54, 1.807) is 30.3 Å². The summed E-state index contributed by atoms with van der Waals surface area (Å²) in [6, 6.07) is 12.0. The van der Waals surface area contributed by atoms with Crippen molar-refractivity contribution in [3.05, 3.63) is 53.6 Å². The van der Waals surface area contributed by atoms with Gasteiger partial charge in [-0.15, -0.1) is 5.10 Å². The second kappa shape index (κ2) is 10.4. The summed E-state index contributed by atoms with van der Waals surface area (Å²) in [4.78, 5) is 36.0. The summed E-state index contributed by atoms with van der Waals surface area (Å²) in [5.41, 5.74) is 0.755. The van der Waals surface area contributed by atoms with Gasteiger partial charge in [0, 0.05) is 17.7 Å². The quantitative estimate of drug-likeness (QED) is 0.409. The molecule has 10 nitrogen and oxygen atoms in total. The van der Waals surface area contributed by atoms with Gasteiger partial charge in [0.05, 0.1) is 20.4 Å². The Bertz CT molecular complexity index is 1090. The molecular formula is C21H20N4O6S. The number of amidine groups is 1. The summed E-state index contributed by atoms with van der Waals surface area (Å²) in [6.45, 7) is 0. The van der Waals surface area contributed by atoms with Crippen molar-refractivity contribution in [2.24, 2.45) is 10.2 Å². The Balaban J connectivity index is 1.68. The minimum absolute atomic E-state index is 0.0348. The maximum absolute atomic E-state index is 12.2. The van der Waals surface area contributed by atoms with Crippen LogP contribution in [0.1, 0.15) is 22.3 Å². The number of carbonyl (C=O) groups is 3. The van der Waals surface area contributed by atoms with E-state index in [0.29, 0.717) is 5.69 Å². The van der Waals surface area contributed by atoms with Crippen molar-refractivity contribution in [3.8, 4) is 11.5 Å². The lowest BCUT2D eigenvalue weighted by atomic mass is 10.1. The van der Waals surface area contributed by atoms with Crippen LogP contribution < -0.4 is 20.1 Å². The number of methoxy groups -OCH3 is 2. The van der Waals surface area contributed by atoms with Gasteiger partial charge in [-0.25, -0.2) is 4.79 Å². The smallest absolute Gasteiger partial charge is 0.340 e. The number of anilines is 1. The molecule has 32 heavy (non-hydrogen) atoms. The molecule has 2 amide bonds. The first-order chi connectivity index (χ1) is 15.4. The highest BCUT2D eigenvalue weighted by Crippen LogP contribution is 2.33. The highest BCUT2D eigenvalue weighted by molar-refractivity contribution is 8.15. The standard InChI is InChI=1S/C21H20N4O6S/c1-30-14-9-8-12(17(20(28)29)18(14)31-2)11-22-25-21-24-19(27)15(32-21)10-16(26)23-13-6-4-3-5-7-13/h3-9,11,15H,10H2,1-2H3,(H,23,26)(H,28,29)(H,24,25,27)/b22-11-/t15-/m1/s1. The van der Waals surface area contributed by atoms with Gasteiger partial charge in [-0.1, -0.05) is 30.0 Å². The van der Waals surface area contributed by atoms with E-state index in [4.69, 9.17) is 9.47 Å². The Morgan fingerprint density at radius 2 is 1.94 bits per heavy atom. The molecule has 1 atom stereocenters. The highest BCUT2D eigenvalue weighted by atomic mass is 32.2. The molecule has 1 aliphatic rings. The normalized spacial score (nSPS) is 16.8. The second-order valence-corrected chi connectivity index (χ2v) is 7.63. The van der Waals surface area contributed by atoms with Crippen LogP contribution in [-0.2, 0) is 9.59 Å². The van der Waals surface area contributed by atoms with Crippen molar-refractivity contribution in [1.29, 1.82) is 0 Å². The summed E-state index contributed by atoms with van der Waals surface area (Å²) in [5, 5.41) is 22.2. The van der Waals surface area contributed by atoms with E-state index in [1.807, 2.05) is 6.07 Å². The number of aromatic carboxylic acids is 1. The summed E-state index contributed by atoms with van der Waals surface area (Å²) < 4.78 is 10.3. The third-order valence-corrected chi connectivity index (χ3v) is 5.41. The zero-order valence-electron chi connectivity index (χ0n) is 17.2. The third kappa shape index (κ3) is 5.43. The molecule has 166 valence electrons. The van der Waals surface area contributed by atoms with Crippen molar-refractivity contribution >= 4 is 46.6 Å². The van der Waals surface area contributed by atoms with E-state index < -0.39 is 11.2 Å². The van der Waals surface area contributed by atoms with Crippen LogP contribution in [0.2, 0.25) is 0 Å². The lowest BCUT2D eigenvalue weighted by Crippen LogP contribution is -2.28. The fourth-order valence-corrected chi connectivity index (χ4v) is 3.83. The number of nitrogens with zero attached hydrogens (tertiary/aromatic N) is 2. The number of carbonyl (C=O) groups excluding carboxylic acids is 2. The maximum atomic E-state index is 12.2. The minimum atomic E-state index is -1.22. The zero-order valence-corrected chi connectivity index (χ0v) is 18.0. The molecule has 2 aromatic carbocycles. The van der Waals surface area contributed by atoms with E-state index in [1.165, 1.54) is 26.5 Å². The molecule has 0 saturated carbocycles. The van der Waals surface area contributed by atoms with Crippen LogP contribution in [0.25, 0.3) is 0 Å². The van der Waals surface area contributed by atoms with Crippen molar-refractivity contribution in [2.75, 3.05) is 19.5 Å². The Labute approximate surface area is 187 Å². The molecule has 0 radical (unpaired) electrons. The Morgan fingerprint density at radius 1 is 1.19 bits per heavy atom. The van der Waals surface area contributed by atoms with Gasteiger partial charge in [-0.3, -0.25) is 9.59 Å². The van der Waals surface area contributed by atoms with E-state index in [-0.39, 0.29) is 46.0 Å². The number of nitrogens with one attached hydrogen (secondary N) is 2. The molecule has 1 aliphatic heterocycles. The largest absolute Gasteiger partial charge is 0.493 e. The number of carboxylic acids is 1. The van der Waals surface area contributed by atoms with Crippen LogP contribution in [0, 0.1) is 0 Å². The van der Waals surface area contributed by atoms with Crippen LogP contribution in [0.3, 0.4) is 0 Å². The number of benzene rings is 2. The summed E-state index contributed by atoms with van der Waals surface area (Å²) in [7, 11) is 2.74. The van der Waals surface area contributed by atoms with E-state index in [9.17, 15) is 19.5 Å². The first kappa shape index (κ1) is 22.8. The summed E-state index contributed by atoms with van der Waals surface area (Å²) >= 11 is 1.07. The van der Waals surface area contributed by atoms with Crippen LogP contribution in [-0.4, -0.2) is 53.7 Å². The molecule has 0 aromatic heterocycles. The van der Waals surface area contributed by atoms with Crippen LogP contribution in [0.4, 0.5) is 5.69 Å². The van der Waals surface area contributed by atoms with Gasteiger partial charge >= 0.3 is 5.97 Å². The van der Waals surface area contributed by atoms with Gasteiger partial charge in [-0.2, -0.15) is 5.10 Å². The van der Waals surface area contributed by atoms with Gasteiger partial charge in [0.25, 0.3) is 0 Å². The predicted molar refractivity (Wildman–Crippen MR) is 121 cm³/mol. The van der Waals surface area contributed by atoms with Gasteiger partial charge in [0.2, 0.25) is 11.8 Å². The number of thioether (sulfide) groups is 1. The number of amides is 2. The Morgan fingerprint density at radius 3 is 2.59 bits per heavy atom. The fourth-order valence-electron chi connectivity index (χ4n) is 2.90. The number of rotatable bonds is 8.